The van der Waals surface area contributed by atoms with Crippen LogP contribution in [0.1, 0.15) is 329 Å². The third kappa shape index (κ3) is 59.9. The Morgan fingerprint density at radius 3 is 0.808 bits per heavy atom. The van der Waals surface area contributed by atoms with Gasteiger partial charge in [-0.25, -0.2) is 0 Å². The van der Waals surface area contributed by atoms with Crippen LogP contribution in [0.25, 0.3) is 0 Å². The zero-order valence-electron chi connectivity index (χ0n) is 48.7. The Balaban J connectivity index is 4.29. The molecule has 0 aromatic rings. The van der Waals surface area contributed by atoms with Crippen molar-refractivity contribution < 1.29 is 28.6 Å². The molecular formula is C67H120O6. The first-order valence-electron chi connectivity index (χ1n) is 31.8. The molecule has 0 saturated heterocycles. The van der Waals surface area contributed by atoms with Crippen LogP contribution in [0, 0.1) is 0 Å². The molecular weight excluding hydrogens is 901 g/mol. The van der Waals surface area contributed by atoms with Gasteiger partial charge in [0.1, 0.15) is 13.2 Å². The highest BCUT2D eigenvalue weighted by Gasteiger charge is 2.19. The number of hydrogen-bond donors (Lipinski definition) is 0. The lowest BCUT2D eigenvalue weighted by atomic mass is 10.1. The van der Waals surface area contributed by atoms with E-state index in [0.29, 0.717) is 19.3 Å². The molecule has 0 heterocycles. The first-order chi connectivity index (χ1) is 36.0. The van der Waals surface area contributed by atoms with Gasteiger partial charge in [0.05, 0.1) is 0 Å². The third-order valence-electron chi connectivity index (χ3n) is 14.0. The van der Waals surface area contributed by atoms with Crippen LogP contribution in [-0.2, 0) is 28.6 Å². The van der Waals surface area contributed by atoms with Gasteiger partial charge < -0.3 is 14.2 Å². The fourth-order valence-electron chi connectivity index (χ4n) is 9.15. The molecule has 0 aromatic carbocycles. The van der Waals surface area contributed by atoms with Crippen molar-refractivity contribution in [2.75, 3.05) is 13.2 Å². The summed E-state index contributed by atoms with van der Waals surface area (Å²) in [6.45, 7) is 6.62. The van der Waals surface area contributed by atoms with Crippen molar-refractivity contribution in [1.82, 2.24) is 0 Å². The summed E-state index contributed by atoms with van der Waals surface area (Å²) in [5, 5.41) is 0. The monoisotopic (exact) mass is 1020 g/mol. The quantitative estimate of drug-likeness (QED) is 0.0261. The highest BCUT2D eigenvalue weighted by Crippen LogP contribution is 2.16. The summed E-state index contributed by atoms with van der Waals surface area (Å²) in [6, 6.07) is 0. The lowest BCUT2D eigenvalue weighted by Gasteiger charge is -2.18. The van der Waals surface area contributed by atoms with Gasteiger partial charge >= 0.3 is 17.9 Å². The second kappa shape index (κ2) is 61.7. The van der Waals surface area contributed by atoms with E-state index in [1.165, 1.54) is 212 Å². The fraction of sp³-hybridized carbons (Fsp3) is 0.806. The van der Waals surface area contributed by atoms with Crippen LogP contribution in [-0.4, -0.2) is 37.2 Å². The number of carbonyl (C=O) groups excluding carboxylic acids is 3. The number of ether oxygens (including phenoxy) is 3. The zero-order valence-corrected chi connectivity index (χ0v) is 48.7. The van der Waals surface area contributed by atoms with Crippen molar-refractivity contribution in [3.63, 3.8) is 0 Å². The van der Waals surface area contributed by atoms with Crippen LogP contribution >= 0.6 is 0 Å². The molecule has 73 heavy (non-hydrogen) atoms. The molecule has 6 nitrogen and oxygen atoms in total. The molecule has 0 bridgehead atoms. The van der Waals surface area contributed by atoms with Gasteiger partial charge in [0.25, 0.3) is 0 Å². The van der Waals surface area contributed by atoms with Gasteiger partial charge in [-0.05, 0) is 109 Å². The lowest BCUT2D eigenvalue weighted by molar-refractivity contribution is -0.167. The van der Waals surface area contributed by atoms with Crippen LogP contribution < -0.4 is 0 Å². The van der Waals surface area contributed by atoms with Crippen molar-refractivity contribution in [3.8, 4) is 0 Å². The maximum absolute atomic E-state index is 12.9. The second-order valence-corrected chi connectivity index (χ2v) is 21.3. The molecule has 0 spiro atoms. The van der Waals surface area contributed by atoms with Gasteiger partial charge in [-0.3, -0.25) is 14.4 Å². The Hall–Kier alpha value is -2.89. The first kappa shape index (κ1) is 70.1. The summed E-state index contributed by atoms with van der Waals surface area (Å²) in [6.07, 6.45) is 77.9. The molecule has 0 N–H and O–H groups in total. The Morgan fingerprint density at radius 1 is 0.274 bits per heavy atom. The Kier molecular flexibility index (Phi) is 59.2. The number of carbonyl (C=O) groups is 3. The van der Waals surface area contributed by atoms with Crippen LogP contribution in [0.2, 0.25) is 0 Å². The molecule has 0 aromatic heterocycles. The van der Waals surface area contributed by atoms with Gasteiger partial charge in [-0.1, -0.05) is 261 Å². The molecule has 0 saturated carbocycles. The fourth-order valence-corrected chi connectivity index (χ4v) is 9.15. The van der Waals surface area contributed by atoms with E-state index >= 15 is 0 Å². The molecule has 0 aliphatic heterocycles. The average Bonchev–Trinajstić information content (AvgIpc) is 3.39. The number of allylic oxidation sites excluding steroid dienone is 10. The smallest absolute Gasteiger partial charge is 0.306 e. The van der Waals surface area contributed by atoms with Gasteiger partial charge in [0, 0.05) is 19.3 Å². The summed E-state index contributed by atoms with van der Waals surface area (Å²) in [5.74, 6) is -0.882. The summed E-state index contributed by atoms with van der Waals surface area (Å²) in [5.41, 5.74) is 0. The van der Waals surface area contributed by atoms with Crippen molar-refractivity contribution in [2.24, 2.45) is 0 Å². The van der Waals surface area contributed by atoms with E-state index in [1.54, 1.807) is 0 Å². The highest BCUT2D eigenvalue weighted by atomic mass is 16.6. The maximum Gasteiger partial charge on any atom is 0.306 e. The molecule has 0 aliphatic rings. The molecule has 0 fully saturated rings. The Morgan fingerprint density at radius 2 is 0.493 bits per heavy atom. The second-order valence-electron chi connectivity index (χ2n) is 21.3. The minimum Gasteiger partial charge on any atom is -0.462 e. The molecule has 1 atom stereocenters. The Labute approximate surface area is 453 Å². The van der Waals surface area contributed by atoms with E-state index in [9.17, 15) is 14.4 Å². The van der Waals surface area contributed by atoms with Gasteiger partial charge in [0.2, 0.25) is 0 Å². The zero-order chi connectivity index (χ0) is 52.9. The number of rotatable bonds is 58. The normalized spacial score (nSPS) is 12.4. The highest BCUT2D eigenvalue weighted by molar-refractivity contribution is 5.71. The number of unbranched alkanes of at least 4 members (excludes halogenated alkanes) is 37. The van der Waals surface area contributed by atoms with Crippen LogP contribution in [0.5, 0.6) is 0 Å². The van der Waals surface area contributed by atoms with Crippen molar-refractivity contribution in [3.05, 3.63) is 60.8 Å². The molecule has 0 amide bonds. The topological polar surface area (TPSA) is 78.9 Å². The SMILES string of the molecule is CCCCC/C=C\CCCCCCCC(=O)OCC(COC(=O)CCCCCCCCCCCC/C=C\C/C=C\C/C=C\CCCCCCC)OC(=O)CCCCCCCCC/C=C\CCCCCCCCC. The summed E-state index contributed by atoms with van der Waals surface area (Å²) < 4.78 is 16.9. The average molecular weight is 1020 g/mol. The molecule has 0 radical (unpaired) electrons. The standard InChI is InChI=1S/C67H120O6/c1-4-7-10-13-16-19-22-25-27-29-31-32-33-34-35-36-37-39-40-42-45-48-51-54-57-60-66(69)72-63-64(62-71-65(68)59-56-53-50-47-44-24-21-18-15-12-9-6-3)73-67(70)61-58-55-52-49-46-43-41-38-30-28-26-23-20-17-14-11-8-5-2/h18,21-22,25,28-31,33-34,64H,4-17,19-20,23-24,26-27,32,35-63H2,1-3H3/b21-18-,25-22-,30-28-,31-29-,34-33-. The first-order valence-corrected chi connectivity index (χ1v) is 31.8. The van der Waals surface area contributed by atoms with Crippen molar-refractivity contribution in [2.45, 2.75) is 335 Å². The van der Waals surface area contributed by atoms with E-state index in [2.05, 4.69) is 81.5 Å². The number of hydrogen-bond acceptors (Lipinski definition) is 6. The molecule has 0 rings (SSSR count). The van der Waals surface area contributed by atoms with Gasteiger partial charge in [-0.15, -0.1) is 0 Å². The van der Waals surface area contributed by atoms with Crippen LogP contribution in [0.3, 0.4) is 0 Å². The molecule has 424 valence electrons. The maximum atomic E-state index is 12.9. The van der Waals surface area contributed by atoms with E-state index < -0.39 is 6.10 Å². The van der Waals surface area contributed by atoms with Crippen molar-refractivity contribution >= 4 is 17.9 Å². The predicted octanol–water partition coefficient (Wildman–Crippen LogP) is 21.6. The summed E-state index contributed by atoms with van der Waals surface area (Å²) in [4.78, 5) is 38.2. The van der Waals surface area contributed by atoms with Gasteiger partial charge in [0.15, 0.2) is 6.10 Å². The number of esters is 3. The van der Waals surface area contributed by atoms with E-state index in [1.807, 2.05) is 0 Å². The van der Waals surface area contributed by atoms with E-state index in [4.69, 9.17) is 14.2 Å². The molecule has 0 aliphatic carbocycles. The van der Waals surface area contributed by atoms with Crippen molar-refractivity contribution in [1.29, 1.82) is 0 Å². The minimum absolute atomic E-state index is 0.0791. The predicted molar refractivity (Wildman–Crippen MR) is 316 cm³/mol. The molecule has 6 heteroatoms. The minimum atomic E-state index is -0.781. The largest absolute Gasteiger partial charge is 0.462 e. The summed E-state index contributed by atoms with van der Waals surface area (Å²) in [7, 11) is 0. The lowest BCUT2D eigenvalue weighted by Crippen LogP contribution is -2.30. The van der Waals surface area contributed by atoms with E-state index in [-0.39, 0.29) is 31.1 Å². The summed E-state index contributed by atoms with van der Waals surface area (Å²) >= 11 is 0. The van der Waals surface area contributed by atoms with Gasteiger partial charge in [-0.2, -0.15) is 0 Å². The van der Waals surface area contributed by atoms with E-state index in [0.717, 1.165) is 77.0 Å². The molecule has 1 unspecified atom stereocenters. The van der Waals surface area contributed by atoms with Crippen LogP contribution in [0.15, 0.2) is 60.8 Å². The van der Waals surface area contributed by atoms with Crippen LogP contribution in [0.4, 0.5) is 0 Å². The Bertz CT molecular complexity index is 1310. The third-order valence-corrected chi connectivity index (χ3v) is 14.0.